The largest absolute Gasteiger partial charge is 0.321 e. The molecule has 5 heteroatoms. The topological polar surface area (TPSA) is 42.0 Å². The maximum absolute atomic E-state index is 12.4. The second-order valence-corrected chi connectivity index (χ2v) is 7.63. The summed E-state index contributed by atoms with van der Waals surface area (Å²) in [5, 5.41) is 3.02. The van der Waals surface area contributed by atoms with Gasteiger partial charge in [0.05, 0.1) is 5.69 Å². The van der Waals surface area contributed by atoms with E-state index in [9.17, 15) is 4.79 Å². The van der Waals surface area contributed by atoms with E-state index in [4.69, 9.17) is 11.6 Å². The van der Waals surface area contributed by atoms with E-state index < -0.39 is 0 Å². The molecule has 1 N–H and O–H groups in total. The monoisotopic (exact) mass is 320 g/mol. The van der Waals surface area contributed by atoms with Gasteiger partial charge in [0, 0.05) is 5.69 Å². The molecule has 0 bridgehead atoms. The summed E-state index contributed by atoms with van der Waals surface area (Å²) in [7, 11) is 0. The van der Waals surface area contributed by atoms with Crippen molar-refractivity contribution in [2.75, 3.05) is 5.32 Å². The van der Waals surface area contributed by atoms with Gasteiger partial charge in [-0.3, -0.25) is 4.79 Å². The van der Waals surface area contributed by atoms with Crippen molar-refractivity contribution in [1.29, 1.82) is 0 Å². The maximum atomic E-state index is 12.4. The number of nitrogens with zero attached hydrogens (tertiary/aromatic N) is 1. The van der Waals surface area contributed by atoms with Crippen molar-refractivity contribution < 1.29 is 4.79 Å². The highest BCUT2D eigenvalue weighted by atomic mass is 35.5. The third-order valence-electron chi connectivity index (χ3n) is 4.13. The molecule has 0 saturated carbocycles. The van der Waals surface area contributed by atoms with Crippen LogP contribution in [0.15, 0.2) is 18.2 Å². The number of carbonyl (C=O) groups excluding carboxylic acids is 1. The standard InChI is InChI=1S/C16H17ClN2OS/c1-9-13(21-15(17)18-9)14(20)19-12-6-4-5-11-10(12)7-8-16(11,2)3/h4-6H,7-8H2,1-3H3,(H,19,20). The summed E-state index contributed by atoms with van der Waals surface area (Å²) in [5.41, 5.74) is 4.35. The van der Waals surface area contributed by atoms with Crippen molar-refractivity contribution in [3.05, 3.63) is 44.4 Å². The molecule has 2 aromatic rings. The van der Waals surface area contributed by atoms with Gasteiger partial charge in [-0.15, -0.1) is 0 Å². The third-order valence-corrected chi connectivity index (χ3v) is 5.39. The van der Waals surface area contributed by atoms with Gasteiger partial charge in [-0.25, -0.2) is 4.98 Å². The first kappa shape index (κ1) is 14.5. The molecule has 0 unspecified atom stereocenters. The molecule has 1 aromatic heterocycles. The number of rotatable bonds is 2. The van der Waals surface area contributed by atoms with Crippen molar-refractivity contribution >= 4 is 34.5 Å². The molecule has 0 aliphatic heterocycles. The van der Waals surface area contributed by atoms with Crippen LogP contribution in [0.2, 0.25) is 4.47 Å². The Bertz CT molecular complexity index is 721. The number of anilines is 1. The van der Waals surface area contributed by atoms with Gasteiger partial charge in [-0.2, -0.15) is 0 Å². The van der Waals surface area contributed by atoms with Crippen molar-refractivity contribution in [2.24, 2.45) is 0 Å². The zero-order chi connectivity index (χ0) is 15.2. The first-order chi connectivity index (χ1) is 9.88. The summed E-state index contributed by atoms with van der Waals surface area (Å²) in [5.74, 6) is -0.130. The lowest BCUT2D eigenvalue weighted by molar-refractivity contribution is 0.102. The molecule has 110 valence electrons. The minimum absolute atomic E-state index is 0.130. The lowest BCUT2D eigenvalue weighted by Crippen LogP contribution is -2.14. The van der Waals surface area contributed by atoms with Crippen molar-refractivity contribution in [3.8, 4) is 0 Å². The highest BCUT2D eigenvalue weighted by Crippen LogP contribution is 2.41. The lowest BCUT2D eigenvalue weighted by atomic mass is 9.86. The minimum Gasteiger partial charge on any atom is -0.321 e. The van der Waals surface area contributed by atoms with Gasteiger partial charge in [-0.1, -0.05) is 48.9 Å². The molecule has 0 fully saturated rings. The van der Waals surface area contributed by atoms with E-state index in [1.807, 2.05) is 12.1 Å². The molecule has 1 heterocycles. The Kier molecular flexibility index (Phi) is 3.54. The van der Waals surface area contributed by atoms with E-state index in [2.05, 4.69) is 30.2 Å². The molecule has 0 atom stereocenters. The SMILES string of the molecule is Cc1nc(Cl)sc1C(=O)Nc1cccc2c1CCC2(C)C. The number of carbonyl (C=O) groups is 1. The van der Waals surface area contributed by atoms with Crippen molar-refractivity contribution in [1.82, 2.24) is 4.98 Å². The van der Waals surface area contributed by atoms with E-state index >= 15 is 0 Å². The van der Waals surface area contributed by atoms with Gasteiger partial charge < -0.3 is 5.32 Å². The number of thiazole rings is 1. The second kappa shape index (κ2) is 5.11. The lowest BCUT2D eigenvalue weighted by Gasteiger charge is -2.19. The van der Waals surface area contributed by atoms with Gasteiger partial charge in [0.15, 0.2) is 4.47 Å². The second-order valence-electron chi connectivity index (χ2n) is 6.05. The van der Waals surface area contributed by atoms with Crippen LogP contribution in [0, 0.1) is 6.92 Å². The van der Waals surface area contributed by atoms with Crippen LogP contribution in [0.25, 0.3) is 0 Å². The predicted octanol–water partition coefficient (Wildman–Crippen LogP) is 4.58. The Labute approximate surface area is 133 Å². The summed E-state index contributed by atoms with van der Waals surface area (Å²) >= 11 is 7.09. The molecular weight excluding hydrogens is 304 g/mol. The molecule has 1 amide bonds. The fourth-order valence-electron chi connectivity index (χ4n) is 2.93. The molecule has 1 aromatic carbocycles. The van der Waals surface area contributed by atoms with Gasteiger partial charge in [0.1, 0.15) is 4.88 Å². The van der Waals surface area contributed by atoms with Gasteiger partial charge in [0.25, 0.3) is 5.91 Å². The van der Waals surface area contributed by atoms with E-state index in [0.29, 0.717) is 15.0 Å². The predicted molar refractivity (Wildman–Crippen MR) is 87.6 cm³/mol. The fourth-order valence-corrected chi connectivity index (χ4v) is 3.98. The molecule has 1 aliphatic carbocycles. The van der Waals surface area contributed by atoms with E-state index in [0.717, 1.165) is 18.5 Å². The summed E-state index contributed by atoms with van der Waals surface area (Å²) in [4.78, 5) is 17.1. The molecule has 3 nitrogen and oxygen atoms in total. The normalized spacial score (nSPS) is 15.8. The number of fused-ring (bicyclic) bond motifs is 1. The Balaban J connectivity index is 1.92. The van der Waals surface area contributed by atoms with Crippen LogP contribution < -0.4 is 5.32 Å². The summed E-state index contributed by atoms with van der Waals surface area (Å²) < 4.78 is 0.400. The highest BCUT2D eigenvalue weighted by molar-refractivity contribution is 7.17. The highest BCUT2D eigenvalue weighted by Gasteiger charge is 2.31. The number of hydrogen-bond donors (Lipinski definition) is 1. The quantitative estimate of drug-likeness (QED) is 0.880. The first-order valence-corrected chi connectivity index (χ1v) is 8.14. The van der Waals surface area contributed by atoms with Crippen LogP contribution in [-0.4, -0.2) is 10.9 Å². The number of aryl methyl sites for hydroxylation is 1. The smallest absolute Gasteiger partial charge is 0.267 e. The van der Waals surface area contributed by atoms with Crippen LogP contribution in [0.4, 0.5) is 5.69 Å². The number of aromatic nitrogens is 1. The third kappa shape index (κ3) is 2.58. The van der Waals surface area contributed by atoms with Crippen LogP contribution in [0.3, 0.4) is 0 Å². The van der Waals surface area contributed by atoms with Crippen LogP contribution in [-0.2, 0) is 11.8 Å². The van der Waals surface area contributed by atoms with Crippen LogP contribution >= 0.6 is 22.9 Å². The number of nitrogens with one attached hydrogen (secondary N) is 1. The Morgan fingerprint density at radius 3 is 2.86 bits per heavy atom. The molecule has 0 spiro atoms. The molecule has 3 rings (SSSR count). The van der Waals surface area contributed by atoms with Gasteiger partial charge >= 0.3 is 0 Å². The van der Waals surface area contributed by atoms with E-state index in [1.165, 1.54) is 22.5 Å². The fraction of sp³-hybridized carbons (Fsp3) is 0.375. The summed E-state index contributed by atoms with van der Waals surface area (Å²) in [6.45, 7) is 6.30. The molecule has 1 aliphatic rings. The number of benzene rings is 1. The number of hydrogen-bond acceptors (Lipinski definition) is 3. The van der Waals surface area contributed by atoms with Gasteiger partial charge in [-0.05, 0) is 42.4 Å². The zero-order valence-corrected chi connectivity index (χ0v) is 13.9. The number of halogens is 1. The maximum Gasteiger partial charge on any atom is 0.267 e. The molecule has 21 heavy (non-hydrogen) atoms. The van der Waals surface area contributed by atoms with Gasteiger partial charge in [0.2, 0.25) is 0 Å². The Morgan fingerprint density at radius 2 is 2.19 bits per heavy atom. The summed E-state index contributed by atoms with van der Waals surface area (Å²) in [6, 6.07) is 6.14. The Morgan fingerprint density at radius 1 is 1.43 bits per heavy atom. The molecule has 0 radical (unpaired) electrons. The number of amides is 1. The first-order valence-electron chi connectivity index (χ1n) is 6.95. The van der Waals surface area contributed by atoms with Crippen molar-refractivity contribution in [3.63, 3.8) is 0 Å². The Hall–Kier alpha value is -1.39. The van der Waals surface area contributed by atoms with E-state index in [-0.39, 0.29) is 11.3 Å². The van der Waals surface area contributed by atoms with Crippen LogP contribution in [0.5, 0.6) is 0 Å². The average molecular weight is 321 g/mol. The molecular formula is C16H17ClN2OS. The van der Waals surface area contributed by atoms with E-state index in [1.54, 1.807) is 6.92 Å². The van der Waals surface area contributed by atoms with Crippen molar-refractivity contribution in [2.45, 2.75) is 39.0 Å². The molecule has 0 saturated heterocycles. The zero-order valence-electron chi connectivity index (χ0n) is 12.3. The average Bonchev–Trinajstić information content (AvgIpc) is 2.91. The van der Waals surface area contributed by atoms with Crippen LogP contribution in [0.1, 0.15) is 46.8 Å². The summed E-state index contributed by atoms with van der Waals surface area (Å²) in [6.07, 6.45) is 2.11. The minimum atomic E-state index is -0.130.